The molecule has 0 atom stereocenters. The predicted molar refractivity (Wildman–Crippen MR) is 231 cm³/mol. The molecule has 9 aromatic carbocycles. The third-order valence-electron chi connectivity index (χ3n) is 11.3. The fourth-order valence-electron chi connectivity index (χ4n) is 8.62. The predicted octanol–water partition coefficient (Wildman–Crippen LogP) is 14.4. The van der Waals surface area contributed by atoms with Gasteiger partial charge in [-0.3, -0.25) is 0 Å². The first kappa shape index (κ1) is 31.4. The molecule has 0 bridgehead atoms. The Bertz CT molecular complexity index is 3180. The van der Waals surface area contributed by atoms with Gasteiger partial charge in [0.15, 0.2) is 0 Å². The molecule has 55 heavy (non-hydrogen) atoms. The van der Waals surface area contributed by atoms with Gasteiger partial charge in [-0.1, -0.05) is 164 Å². The van der Waals surface area contributed by atoms with Crippen LogP contribution in [0.3, 0.4) is 0 Å². The maximum absolute atomic E-state index is 6.48. The summed E-state index contributed by atoms with van der Waals surface area (Å²) in [5, 5.41) is 7.41. The smallest absolute Gasteiger partial charge is 0.139 e. The van der Waals surface area contributed by atoms with Crippen LogP contribution in [0.1, 0.15) is 11.1 Å². The van der Waals surface area contributed by atoms with Crippen molar-refractivity contribution in [3.05, 3.63) is 211 Å². The Morgan fingerprint density at radius 2 is 0.964 bits per heavy atom. The molecule has 0 amide bonds. The van der Waals surface area contributed by atoms with Gasteiger partial charge in [0.1, 0.15) is 11.2 Å². The number of fused-ring (bicyclic) bond motifs is 8. The topological polar surface area (TPSA) is 18.1 Å². The average Bonchev–Trinajstić information content (AvgIpc) is 3.82. The molecule has 0 saturated heterocycles. The summed E-state index contributed by atoms with van der Waals surface area (Å²) in [4.78, 5) is 0. The number of nitrogens with zero attached hydrogens (tertiary/aromatic N) is 1. The summed E-state index contributed by atoms with van der Waals surface area (Å²) in [6.45, 7) is 0. The zero-order valence-electron chi connectivity index (χ0n) is 30.1. The number of rotatable bonds is 6. The van der Waals surface area contributed by atoms with Crippen molar-refractivity contribution in [3.63, 3.8) is 0 Å². The van der Waals surface area contributed by atoms with E-state index in [1.165, 1.54) is 93.5 Å². The molecule has 0 aliphatic carbocycles. The minimum atomic E-state index is 0.806. The van der Waals surface area contributed by atoms with Gasteiger partial charge in [-0.05, 0) is 86.1 Å². The summed E-state index contributed by atoms with van der Waals surface area (Å²) in [6.07, 6.45) is 0.806. The van der Waals surface area contributed by atoms with Crippen molar-refractivity contribution in [1.82, 2.24) is 4.57 Å². The normalized spacial score (nSPS) is 11.7. The Morgan fingerprint density at radius 3 is 1.69 bits per heavy atom. The average molecular weight is 702 g/mol. The van der Waals surface area contributed by atoms with Gasteiger partial charge in [-0.25, -0.2) is 0 Å². The number of hydrogen-bond acceptors (Lipinski definition) is 1. The summed E-state index contributed by atoms with van der Waals surface area (Å²) in [6, 6.07) is 72.3. The van der Waals surface area contributed by atoms with Crippen molar-refractivity contribution in [2.75, 3.05) is 0 Å². The zero-order valence-corrected chi connectivity index (χ0v) is 30.1. The van der Waals surface area contributed by atoms with Gasteiger partial charge in [0.2, 0.25) is 0 Å². The quantitative estimate of drug-likeness (QED) is 0.169. The van der Waals surface area contributed by atoms with Gasteiger partial charge in [-0.2, -0.15) is 0 Å². The van der Waals surface area contributed by atoms with E-state index < -0.39 is 0 Å². The van der Waals surface area contributed by atoms with E-state index in [1.807, 2.05) is 6.07 Å². The van der Waals surface area contributed by atoms with E-state index in [9.17, 15) is 0 Å². The molecule has 0 fully saturated rings. The third-order valence-corrected chi connectivity index (χ3v) is 11.3. The highest BCUT2D eigenvalue weighted by molar-refractivity contribution is 6.20. The van der Waals surface area contributed by atoms with E-state index in [2.05, 4.69) is 199 Å². The lowest BCUT2D eigenvalue weighted by atomic mass is 9.95. The van der Waals surface area contributed by atoms with Gasteiger partial charge in [-0.15, -0.1) is 0 Å². The molecule has 0 N–H and O–H groups in total. The van der Waals surface area contributed by atoms with E-state index in [0.29, 0.717) is 0 Å². The number of furan rings is 1. The Hall–Kier alpha value is -7.16. The SMILES string of the molecule is c1ccc(-n2c3ccccc3c3c(-c4ccc(-c5ccc(-c6ccc(Cc7cc8ccccc8c8c7oc7ccccc78)cc6)cc5)cc4)cccc32)cc1. The van der Waals surface area contributed by atoms with E-state index in [4.69, 9.17) is 4.42 Å². The van der Waals surface area contributed by atoms with Crippen LogP contribution >= 0.6 is 0 Å². The molecule has 258 valence electrons. The molecule has 0 aliphatic rings. The van der Waals surface area contributed by atoms with Crippen LogP contribution in [-0.4, -0.2) is 4.57 Å². The Kier molecular flexibility index (Phi) is 7.28. The minimum absolute atomic E-state index is 0.806. The summed E-state index contributed by atoms with van der Waals surface area (Å²) in [7, 11) is 0. The molecule has 11 aromatic rings. The van der Waals surface area contributed by atoms with Gasteiger partial charge in [0.25, 0.3) is 0 Å². The molecule has 0 radical (unpaired) electrons. The third kappa shape index (κ3) is 5.26. The Balaban J connectivity index is 0.867. The van der Waals surface area contributed by atoms with Crippen molar-refractivity contribution in [2.24, 2.45) is 0 Å². The first-order valence-electron chi connectivity index (χ1n) is 19.0. The molecular formula is C53H35NO. The molecule has 2 aromatic heterocycles. The zero-order chi connectivity index (χ0) is 36.3. The summed E-state index contributed by atoms with van der Waals surface area (Å²) in [5.74, 6) is 0. The van der Waals surface area contributed by atoms with Crippen LogP contribution in [0.15, 0.2) is 205 Å². The summed E-state index contributed by atoms with van der Waals surface area (Å²) >= 11 is 0. The maximum atomic E-state index is 6.48. The maximum Gasteiger partial charge on any atom is 0.139 e. The van der Waals surface area contributed by atoms with Gasteiger partial charge in [0.05, 0.1) is 11.0 Å². The molecule has 0 spiro atoms. The van der Waals surface area contributed by atoms with Crippen LogP contribution in [0.25, 0.3) is 93.6 Å². The van der Waals surface area contributed by atoms with Gasteiger partial charge < -0.3 is 8.98 Å². The molecule has 0 aliphatic heterocycles. The number of hydrogen-bond donors (Lipinski definition) is 0. The van der Waals surface area contributed by atoms with E-state index >= 15 is 0 Å². The lowest BCUT2D eigenvalue weighted by Crippen LogP contribution is -1.92. The van der Waals surface area contributed by atoms with E-state index in [-0.39, 0.29) is 0 Å². The summed E-state index contributed by atoms with van der Waals surface area (Å²) in [5.41, 5.74) is 15.3. The van der Waals surface area contributed by atoms with Crippen LogP contribution < -0.4 is 0 Å². The fraction of sp³-hybridized carbons (Fsp3) is 0.0189. The van der Waals surface area contributed by atoms with Crippen molar-refractivity contribution in [2.45, 2.75) is 6.42 Å². The fourth-order valence-corrected chi connectivity index (χ4v) is 8.62. The largest absolute Gasteiger partial charge is 0.456 e. The first-order chi connectivity index (χ1) is 27.3. The molecule has 2 heteroatoms. The number of benzene rings is 9. The molecule has 11 rings (SSSR count). The highest BCUT2D eigenvalue weighted by Gasteiger charge is 2.17. The molecule has 2 nitrogen and oxygen atoms in total. The van der Waals surface area contributed by atoms with Crippen molar-refractivity contribution < 1.29 is 4.42 Å². The highest BCUT2D eigenvalue weighted by atomic mass is 16.3. The van der Waals surface area contributed by atoms with Gasteiger partial charge in [0, 0.05) is 39.2 Å². The Morgan fingerprint density at radius 1 is 0.400 bits per heavy atom. The standard InChI is InChI=1S/C53H35NO/c1-2-12-43(13-3-1)54-48-18-8-6-15-46(48)51-44(17-10-19-49(51)54)40-31-29-39(30-32-40)38-27-25-37(26-28-38)36-23-21-35(22-24-36)33-42-34-41-11-4-5-14-45(41)52-47-16-7-9-20-50(47)55-53(42)52/h1-32,34H,33H2. The van der Waals surface area contributed by atoms with E-state index in [1.54, 1.807) is 0 Å². The van der Waals surface area contributed by atoms with Crippen molar-refractivity contribution in [3.8, 4) is 39.1 Å². The molecule has 0 saturated carbocycles. The number of para-hydroxylation sites is 3. The van der Waals surface area contributed by atoms with Crippen molar-refractivity contribution in [1.29, 1.82) is 0 Å². The number of aromatic nitrogens is 1. The first-order valence-corrected chi connectivity index (χ1v) is 19.0. The van der Waals surface area contributed by atoms with Crippen LogP contribution in [0.2, 0.25) is 0 Å². The second kappa shape index (κ2) is 12.8. The minimum Gasteiger partial charge on any atom is -0.456 e. The monoisotopic (exact) mass is 701 g/mol. The van der Waals surface area contributed by atoms with Crippen LogP contribution in [-0.2, 0) is 6.42 Å². The van der Waals surface area contributed by atoms with Crippen LogP contribution in [0.5, 0.6) is 0 Å². The second-order valence-corrected chi connectivity index (χ2v) is 14.5. The van der Waals surface area contributed by atoms with Crippen LogP contribution in [0, 0.1) is 0 Å². The van der Waals surface area contributed by atoms with E-state index in [0.717, 1.165) is 17.6 Å². The lowest BCUT2D eigenvalue weighted by Gasteiger charge is -2.10. The molecule has 2 heterocycles. The van der Waals surface area contributed by atoms with Gasteiger partial charge >= 0.3 is 0 Å². The molecule has 0 unspecified atom stereocenters. The highest BCUT2D eigenvalue weighted by Crippen LogP contribution is 2.40. The second-order valence-electron chi connectivity index (χ2n) is 14.5. The Labute approximate surface area is 319 Å². The van der Waals surface area contributed by atoms with Crippen molar-refractivity contribution >= 4 is 54.5 Å². The summed E-state index contributed by atoms with van der Waals surface area (Å²) < 4.78 is 8.86. The lowest BCUT2D eigenvalue weighted by molar-refractivity contribution is 0.664. The van der Waals surface area contributed by atoms with Crippen LogP contribution in [0.4, 0.5) is 0 Å². The molecular weight excluding hydrogens is 667 g/mol.